The van der Waals surface area contributed by atoms with E-state index in [0.717, 1.165) is 11.3 Å². The maximum atomic E-state index is 12.6. The van der Waals surface area contributed by atoms with Gasteiger partial charge in [0, 0.05) is 30.0 Å². The molecule has 10 heteroatoms. The lowest BCUT2D eigenvalue weighted by Crippen LogP contribution is -2.43. The van der Waals surface area contributed by atoms with Crippen LogP contribution in [-0.2, 0) is 16.4 Å². The third-order valence-corrected chi connectivity index (χ3v) is 7.06. The van der Waals surface area contributed by atoms with Crippen LogP contribution in [0.3, 0.4) is 0 Å². The summed E-state index contributed by atoms with van der Waals surface area (Å²) in [7, 11) is -0.484. The van der Waals surface area contributed by atoms with Crippen molar-refractivity contribution in [1.29, 1.82) is 0 Å². The fourth-order valence-corrected chi connectivity index (χ4v) is 4.81. The van der Waals surface area contributed by atoms with Crippen LogP contribution >= 0.6 is 11.5 Å². The van der Waals surface area contributed by atoms with Crippen molar-refractivity contribution in [2.24, 2.45) is 0 Å². The van der Waals surface area contributed by atoms with E-state index in [2.05, 4.69) is 19.4 Å². The summed E-state index contributed by atoms with van der Waals surface area (Å²) in [6.07, 6.45) is 0.607. The van der Waals surface area contributed by atoms with E-state index in [0.29, 0.717) is 23.1 Å². The highest BCUT2D eigenvalue weighted by Gasteiger charge is 2.22. The molecule has 0 aliphatic carbocycles. The van der Waals surface area contributed by atoms with Crippen LogP contribution in [0.1, 0.15) is 25.2 Å². The smallest absolute Gasteiger partial charge is 0.240 e. The molecule has 3 rings (SSSR count). The van der Waals surface area contributed by atoms with Crippen LogP contribution in [0.15, 0.2) is 53.4 Å². The molecule has 2 unspecified atom stereocenters. The second-order valence-corrected chi connectivity index (χ2v) is 9.52. The van der Waals surface area contributed by atoms with Gasteiger partial charge in [0.25, 0.3) is 0 Å². The number of hydrogen-bond donors (Lipinski definition) is 2. The second kappa shape index (κ2) is 10.1. The molecule has 0 saturated carbocycles. The summed E-state index contributed by atoms with van der Waals surface area (Å²) < 4.78 is 42.6. The van der Waals surface area contributed by atoms with E-state index in [1.165, 1.54) is 30.8 Å². The van der Waals surface area contributed by atoms with E-state index >= 15 is 0 Å². The molecule has 31 heavy (non-hydrogen) atoms. The molecule has 8 nitrogen and oxygen atoms in total. The molecule has 0 radical (unpaired) electrons. The number of rotatable bonds is 10. The fraction of sp³-hybridized carbons (Fsp3) is 0.333. The van der Waals surface area contributed by atoms with E-state index in [9.17, 15) is 8.42 Å². The lowest BCUT2D eigenvalue weighted by molar-refractivity contribution is 0.414. The summed E-state index contributed by atoms with van der Waals surface area (Å²) in [5.41, 5.74) is 1.08. The Morgan fingerprint density at radius 2 is 1.52 bits per heavy atom. The number of anilines is 1. The normalized spacial score (nSPS) is 13.4. The largest absolute Gasteiger partial charge is 0.497 e. The van der Waals surface area contributed by atoms with Crippen molar-refractivity contribution in [2.45, 2.75) is 37.2 Å². The van der Waals surface area contributed by atoms with E-state index in [-0.39, 0.29) is 17.0 Å². The molecule has 0 spiro atoms. The SMILES string of the molecule is COc1ccc(Cc2nsc(NC(C)C(C)NS(=O)(=O)c3ccc(OC)cc3)n2)cc1. The number of benzene rings is 2. The lowest BCUT2D eigenvalue weighted by atomic mass is 10.1. The zero-order valence-corrected chi connectivity index (χ0v) is 19.5. The van der Waals surface area contributed by atoms with E-state index in [1.807, 2.05) is 31.2 Å². The van der Waals surface area contributed by atoms with Gasteiger partial charge < -0.3 is 14.8 Å². The summed E-state index contributed by atoms with van der Waals surface area (Å²) in [5.74, 6) is 2.11. The number of sulfonamides is 1. The highest BCUT2D eigenvalue weighted by atomic mass is 32.2. The van der Waals surface area contributed by atoms with Crippen molar-refractivity contribution in [3.8, 4) is 11.5 Å². The van der Waals surface area contributed by atoms with Gasteiger partial charge in [-0.25, -0.2) is 18.1 Å². The first kappa shape index (κ1) is 23.0. The Morgan fingerprint density at radius 1 is 0.935 bits per heavy atom. The van der Waals surface area contributed by atoms with Crippen LogP contribution in [0, 0.1) is 0 Å². The first-order chi connectivity index (χ1) is 14.8. The standard InChI is InChI=1S/C21H26N4O4S2/c1-14(15(2)25-31(26,27)19-11-9-18(29-4)10-12-19)22-21-23-20(24-30-21)13-16-5-7-17(28-3)8-6-16/h5-12,14-15,25H,13H2,1-4H3,(H,22,23,24). The van der Waals surface area contributed by atoms with Crippen molar-refractivity contribution < 1.29 is 17.9 Å². The van der Waals surface area contributed by atoms with Crippen molar-refractivity contribution in [2.75, 3.05) is 19.5 Å². The van der Waals surface area contributed by atoms with Crippen LogP contribution < -0.4 is 19.5 Å². The molecule has 2 N–H and O–H groups in total. The Bertz CT molecular complexity index is 1080. The predicted octanol–water partition coefficient (Wildman–Crippen LogP) is 3.31. The highest BCUT2D eigenvalue weighted by Crippen LogP contribution is 2.19. The molecule has 1 heterocycles. The molecule has 0 amide bonds. The molecule has 2 atom stereocenters. The molecule has 0 aliphatic heterocycles. The Hall–Kier alpha value is -2.69. The molecule has 0 fully saturated rings. The zero-order valence-electron chi connectivity index (χ0n) is 17.8. The maximum Gasteiger partial charge on any atom is 0.240 e. The second-order valence-electron chi connectivity index (χ2n) is 7.06. The van der Waals surface area contributed by atoms with E-state index in [4.69, 9.17) is 9.47 Å². The number of aromatic nitrogens is 2. The van der Waals surface area contributed by atoms with Crippen molar-refractivity contribution >= 4 is 26.7 Å². The van der Waals surface area contributed by atoms with Gasteiger partial charge in [-0.15, -0.1) is 0 Å². The van der Waals surface area contributed by atoms with Gasteiger partial charge in [0.15, 0.2) is 0 Å². The van der Waals surface area contributed by atoms with E-state index < -0.39 is 10.0 Å². The average Bonchev–Trinajstić information content (AvgIpc) is 3.20. The third-order valence-electron chi connectivity index (χ3n) is 4.80. The van der Waals surface area contributed by atoms with Gasteiger partial charge in [0.05, 0.1) is 19.1 Å². The van der Waals surface area contributed by atoms with E-state index in [1.54, 1.807) is 26.2 Å². The van der Waals surface area contributed by atoms with Crippen molar-refractivity contribution in [3.63, 3.8) is 0 Å². The quantitative estimate of drug-likeness (QED) is 0.476. The average molecular weight is 463 g/mol. The Morgan fingerprint density at radius 3 is 2.10 bits per heavy atom. The third kappa shape index (κ3) is 6.16. The van der Waals surface area contributed by atoms with Gasteiger partial charge in [-0.1, -0.05) is 12.1 Å². The minimum atomic E-state index is -3.65. The minimum absolute atomic E-state index is 0.185. The Labute approximate surface area is 186 Å². The van der Waals surface area contributed by atoms with Crippen LogP contribution in [-0.4, -0.2) is 44.1 Å². The van der Waals surface area contributed by atoms with Crippen LogP contribution in [0.25, 0.3) is 0 Å². The van der Waals surface area contributed by atoms with Gasteiger partial charge in [-0.2, -0.15) is 4.37 Å². The maximum absolute atomic E-state index is 12.6. The number of ether oxygens (including phenoxy) is 2. The molecule has 0 saturated heterocycles. The molecule has 3 aromatic rings. The summed E-state index contributed by atoms with van der Waals surface area (Å²) in [4.78, 5) is 4.70. The molecular weight excluding hydrogens is 436 g/mol. The molecule has 166 valence electrons. The molecule has 0 aliphatic rings. The molecule has 0 bridgehead atoms. The number of methoxy groups -OCH3 is 2. The monoisotopic (exact) mass is 462 g/mol. The topological polar surface area (TPSA) is 102 Å². The molecule has 1 aromatic heterocycles. The molecular formula is C21H26N4O4S2. The van der Waals surface area contributed by atoms with Gasteiger partial charge in [-0.05, 0) is 55.8 Å². The van der Waals surface area contributed by atoms with Gasteiger partial charge in [0.1, 0.15) is 17.3 Å². The predicted molar refractivity (Wildman–Crippen MR) is 122 cm³/mol. The summed E-state index contributed by atoms with van der Waals surface area (Å²) in [6.45, 7) is 3.70. The summed E-state index contributed by atoms with van der Waals surface area (Å²) in [6, 6.07) is 13.5. The minimum Gasteiger partial charge on any atom is -0.497 e. The highest BCUT2D eigenvalue weighted by molar-refractivity contribution is 7.89. The van der Waals surface area contributed by atoms with Crippen LogP contribution in [0.4, 0.5) is 5.13 Å². The summed E-state index contributed by atoms with van der Waals surface area (Å²) in [5, 5.41) is 3.88. The fourth-order valence-electron chi connectivity index (χ4n) is 2.80. The van der Waals surface area contributed by atoms with Gasteiger partial charge in [0.2, 0.25) is 15.2 Å². The number of nitrogens with zero attached hydrogens (tertiary/aromatic N) is 2. The first-order valence-electron chi connectivity index (χ1n) is 9.69. The number of nitrogens with one attached hydrogen (secondary N) is 2. The zero-order chi connectivity index (χ0) is 22.4. The Balaban J connectivity index is 1.58. The van der Waals surface area contributed by atoms with Gasteiger partial charge in [-0.3, -0.25) is 0 Å². The number of hydrogen-bond acceptors (Lipinski definition) is 8. The van der Waals surface area contributed by atoms with Crippen molar-refractivity contribution in [1.82, 2.24) is 14.1 Å². The van der Waals surface area contributed by atoms with Crippen molar-refractivity contribution in [3.05, 3.63) is 59.9 Å². The van der Waals surface area contributed by atoms with Crippen LogP contribution in [0.5, 0.6) is 11.5 Å². The first-order valence-corrected chi connectivity index (χ1v) is 11.9. The lowest BCUT2D eigenvalue weighted by Gasteiger charge is -2.22. The summed E-state index contributed by atoms with van der Waals surface area (Å²) >= 11 is 1.25. The van der Waals surface area contributed by atoms with Gasteiger partial charge >= 0.3 is 0 Å². The Kier molecular flexibility index (Phi) is 7.47. The molecule has 2 aromatic carbocycles. The van der Waals surface area contributed by atoms with Crippen LogP contribution in [0.2, 0.25) is 0 Å².